The molecule has 1 aliphatic rings. The molecular weight excluding hydrogens is 168 g/mol. The van der Waals surface area contributed by atoms with Crippen LogP contribution in [0.4, 0.5) is 0 Å². The van der Waals surface area contributed by atoms with E-state index < -0.39 is 0 Å². The molecule has 12 heavy (non-hydrogen) atoms. The molecule has 0 heterocycles. The van der Waals surface area contributed by atoms with E-state index in [1.165, 1.54) is 5.56 Å². The van der Waals surface area contributed by atoms with Crippen molar-refractivity contribution in [3.63, 3.8) is 0 Å². The maximum Gasteiger partial charge on any atom is 0.0467 e. The molecule has 1 saturated carbocycles. The fourth-order valence-electron chi connectivity index (χ4n) is 1.83. The number of hydrogen-bond acceptors (Lipinski definition) is 0. The monoisotopic (exact) mass is 180 g/mol. The number of hydrogen-bond donors (Lipinski definition) is 0. The molecule has 2 atom stereocenters. The average molecular weight is 181 g/mol. The summed E-state index contributed by atoms with van der Waals surface area (Å²) in [5, 5.41) is 0.319. The fraction of sp³-hybridized carbons (Fsp3) is 0.455. The molecule has 2 unspecified atom stereocenters. The predicted octanol–water partition coefficient (Wildman–Crippen LogP) is 3.42. The normalized spacial score (nSPS) is 31.6. The second-order valence-corrected chi connectivity index (χ2v) is 4.58. The Morgan fingerprint density at radius 2 is 1.67 bits per heavy atom. The van der Waals surface area contributed by atoms with E-state index in [4.69, 9.17) is 11.6 Å². The molecule has 0 bridgehead atoms. The van der Waals surface area contributed by atoms with Crippen molar-refractivity contribution >= 4 is 11.6 Å². The number of alkyl halides is 1. The van der Waals surface area contributed by atoms with Crippen molar-refractivity contribution < 1.29 is 0 Å². The fourth-order valence-corrected chi connectivity index (χ4v) is 2.37. The molecule has 0 radical (unpaired) electrons. The lowest BCUT2D eigenvalue weighted by molar-refractivity contribution is 0.623. The van der Waals surface area contributed by atoms with Gasteiger partial charge in [-0.2, -0.15) is 0 Å². The highest BCUT2D eigenvalue weighted by Gasteiger charge is 2.57. The van der Waals surface area contributed by atoms with Crippen LogP contribution in [0.2, 0.25) is 0 Å². The van der Waals surface area contributed by atoms with Crippen LogP contribution in [-0.4, -0.2) is 5.38 Å². The van der Waals surface area contributed by atoms with Crippen molar-refractivity contribution in [3.8, 4) is 0 Å². The largest absolute Gasteiger partial charge is 0.122 e. The summed E-state index contributed by atoms with van der Waals surface area (Å²) in [6.45, 7) is 4.45. The summed E-state index contributed by atoms with van der Waals surface area (Å²) in [4.78, 5) is 0. The molecule has 0 aliphatic heterocycles. The van der Waals surface area contributed by atoms with E-state index in [0.29, 0.717) is 16.7 Å². The Bertz CT molecular complexity index is 276. The van der Waals surface area contributed by atoms with E-state index >= 15 is 0 Å². The van der Waals surface area contributed by atoms with E-state index in [9.17, 15) is 0 Å². The summed E-state index contributed by atoms with van der Waals surface area (Å²) in [6, 6.07) is 10.5. The Balaban J connectivity index is 2.25. The van der Waals surface area contributed by atoms with Crippen molar-refractivity contribution in [2.75, 3.05) is 0 Å². The van der Waals surface area contributed by atoms with Crippen LogP contribution in [0.1, 0.15) is 25.3 Å². The van der Waals surface area contributed by atoms with Gasteiger partial charge in [0.1, 0.15) is 0 Å². The maximum absolute atomic E-state index is 6.18. The Morgan fingerprint density at radius 3 is 2.08 bits per heavy atom. The third-order valence-electron chi connectivity index (χ3n) is 2.85. The van der Waals surface area contributed by atoms with E-state index in [-0.39, 0.29) is 0 Å². The maximum atomic E-state index is 6.18. The van der Waals surface area contributed by atoms with Crippen LogP contribution in [0.25, 0.3) is 0 Å². The summed E-state index contributed by atoms with van der Waals surface area (Å²) < 4.78 is 0. The van der Waals surface area contributed by atoms with Crippen LogP contribution in [-0.2, 0) is 0 Å². The summed E-state index contributed by atoms with van der Waals surface area (Å²) in [5.41, 5.74) is 1.67. The van der Waals surface area contributed by atoms with E-state index in [2.05, 4.69) is 38.1 Å². The topological polar surface area (TPSA) is 0 Å². The molecule has 1 aliphatic carbocycles. The van der Waals surface area contributed by atoms with Crippen LogP contribution in [0.3, 0.4) is 0 Å². The molecule has 1 aromatic rings. The highest BCUT2D eigenvalue weighted by molar-refractivity contribution is 6.24. The van der Waals surface area contributed by atoms with Gasteiger partial charge in [0.15, 0.2) is 0 Å². The standard InChI is InChI=1S/C11H13Cl/c1-11(2)9(10(11)12)8-6-4-3-5-7-8/h3-7,9-10H,1-2H3. The summed E-state index contributed by atoms with van der Waals surface area (Å²) in [6.07, 6.45) is 0. The van der Waals surface area contributed by atoms with Gasteiger partial charge in [-0.05, 0) is 11.0 Å². The van der Waals surface area contributed by atoms with Gasteiger partial charge >= 0.3 is 0 Å². The van der Waals surface area contributed by atoms with Gasteiger partial charge in [-0.25, -0.2) is 0 Å². The molecule has 0 saturated heterocycles. The van der Waals surface area contributed by atoms with Crippen LogP contribution in [0, 0.1) is 5.41 Å². The molecule has 2 rings (SSSR count). The quantitative estimate of drug-likeness (QED) is 0.581. The minimum absolute atomic E-state index is 0.295. The van der Waals surface area contributed by atoms with Crippen molar-refractivity contribution in [2.24, 2.45) is 5.41 Å². The van der Waals surface area contributed by atoms with Gasteiger partial charge in [0.2, 0.25) is 0 Å². The predicted molar refractivity (Wildman–Crippen MR) is 52.6 cm³/mol. The number of benzene rings is 1. The molecule has 0 nitrogen and oxygen atoms in total. The van der Waals surface area contributed by atoms with E-state index in [0.717, 1.165) is 0 Å². The Kier molecular flexibility index (Phi) is 1.69. The lowest BCUT2D eigenvalue weighted by Gasteiger charge is -2.00. The zero-order chi connectivity index (χ0) is 8.77. The average Bonchev–Trinajstić information content (AvgIpc) is 2.53. The second-order valence-electron chi connectivity index (χ2n) is 4.11. The van der Waals surface area contributed by atoms with Crippen LogP contribution in [0.15, 0.2) is 30.3 Å². The third-order valence-corrected chi connectivity index (χ3v) is 3.67. The minimum atomic E-state index is 0.295. The van der Waals surface area contributed by atoms with Crippen molar-refractivity contribution in [2.45, 2.75) is 25.1 Å². The molecule has 0 spiro atoms. The third kappa shape index (κ3) is 1.06. The van der Waals surface area contributed by atoms with Gasteiger partial charge in [0.25, 0.3) is 0 Å². The van der Waals surface area contributed by atoms with Gasteiger partial charge in [-0.15, -0.1) is 11.6 Å². The number of rotatable bonds is 1. The SMILES string of the molecule is CC1(C)C(Cl)C1c1ccccc1. The van der Waals surface area contributed by atoms with E-state index in [1.807, 2.05) is 6.07 Å². The van der Waals surface area contributed by atoms with Gasteiger partial charge in [-0.1, -0.05) is 44.2 Å². The first-order valence-electron chi connectivity index (χ1n) is 4.33. The van der Waals surface area contributed by atoms with Gasteiger partial charge in [0.05, 0.1) is 0 Å². The first-order valence-corrected chi connectivity index (χ1v) is 4.76. The molecule has 0 amide bonds. The molecule has 1 fully saturated rings. The summed E-state index contributed by atoms with van der Waals surface area (Å²) in [5.74, 6) is 0.556. The smallest absolute Gasteiger partial charge is 0.0467 e. The van der Waals surface area contributed by atoms with Crippen LogP contribution >= 0.6 is 11.6 Å². The molecule has 64 valence electrons. The zero-order valence-electron chi connectivity index (χ0n) is 7.42. The molecule has 1 aromatic carbocycles. The van der Waals surface area contributed by atoms with Gasteiger partial charge in [-0.3, -0.25) is 0 Å². The van der Waals surface area contributed by atoms with Gasteiger partial charge in [0, 0.05) is 11.3 Å². The van der Waals surface area contributed by atoms with Crippen LogP contribution in [0.5, 0.6) is 0 Å². The molecule has 0 aromatic heterocycles. The van der Waals surface area contributed by atoms with Crippen LogP contribution < -0.4 is 0 Å². The van der Waals surface area contributed by atoms with Crippen molar-refractivity contribution in [3.05, 3.63) is 35.9 Å². The van der Waals surface area contributed by atoms with E-state index in [1.54, 1.807) is 0 Å². The highest BCUT2D eigenvalue weighted by Crippen LogP contribution is 2.61. The molecule has 0 N–H and O–H groups in total. The lowest BCUT2D eigenvalue weighted by Crippen LogP contribution is -1.89. The Morgan fingerprint density at radius 1 is 1.17 bits per heavy atom. The highest BCUT2D eigenvalue weighted by atomic mass is 35.5. The zero-order valence-corrected chi connectivity index (χ0v) is 8.18. The Labute approximate surface area is 78.6 Å². The minimum Gasteiger partial charge on any atom is -0.122 e. The van der Waals surface area contributed by atoms with Crippen molar-refractivity contribution in [1.82, 2.24) is 0 Å². The summed E-state index contributed by atoms with van der Waals surface area (Å²) >= 11 is 6.18. The van der Waals surface area contributed by atoms with Gasteiger partial charge < -0.3 is 0 Å². The Hall–Kier alpha value is -0.490. The lowest BCUT2D eigenvalue weighted by atomic mass is 10.0. The molecular formula is C11H13Cl. The van der Waals surface area contributed by atoms with Crippen molar-refractivity contribution in [1.29, 1.82) is 0 Å². The second kappa shape index (κ2) is 2.50. The first kappa shape index (κ1) is 8.12. The number of halogens is 1. The first-order chi connectivity index (χ1) is 5.64. The molecule has 1 heteroatoms. The summed E-state index contributed by atoms with van der Waals surface area (Å²) in [7, 11) is 0.